The van der Waals surface area contributed by atoms with Gasteiger partial charge in [-0.15, -0.1) is 0 Å². The lowest BCUT2D eigenvalue weighted by Crippen LogP contribution is -2.32. The molecule has 0 saturated heterocycles. The van der Waals surface area contributed by atoms with Gasteiger partial charge in [-0.05, 0) is 31.3 Å². The van der Waals surface area contributed by atoms with Crippen molar-refractivity contribution in [1.82, 2.24) is 0 Å². The molecule has 0 bridgehead atoms. The van der Waals surface area contributed by atoms with Crippen molar-refractivity contribution in [3.63, 3.8) is 0 Å². The molecule has 1 unspecified atom stereocenters. The highest BCUT2D eigenvalue weighted by Crippen LogP contribution is 2.35. The minimum atomic E-state index is -0.403. The van der Waals surface area contributed by atoms with Gasteiger partial charge in [0.1, 0.15) is 5.78 Å². The fourth-order valence-corrected chi connectivity index (χ4v) is 1.94. The van der Waals surface area contributed by atoms with Crippen molar-refractivity contribution in [3.8, 4) is 0 Å². The Hall–Kier alpha value is -0.920. The zero-order valence-corrected chi connectivity index (χ0v) is 8.68. The number of hydrogen-bond acceptors (Lipinski definition) is 2. The topological polar surface area (TPSA) is 34.1 Å². The van der Waals surface area contributed by atoms with E-state index in [1.807, 2.05) is 6.08 Å². The van der Waals surface area contributed by atoms with Crippen LogP contribution in [0.1, 0.15) is 34.1 Å². The normalized spacial score (nSPS) is 26.9. The van der Waals surface area contributed by atoms with Crippen LogP contribution in [0.25, 0.3) is 0 Å². The molecule has 0 aliphatic heterocycles. The summed E-state index contributed by atoms with van der Waals surface area (Å²) in [4.78, 5) is 22.8. The Morgan fingerprint density at radius 3 is 2.54 bits per heavy atom. The van der Waals surface area contributed by atoms with Gasteiger partial charge in [0.15, 0.2) is 5.78 Å². The van der Waals surface area contributed by atoms with E-state index in [-0.39, 0.29) is 17.0 Å². The van der Waals surface area contributed by atoms with Crippen molar-refractivity contribution in [2.24, 2.45) is 11.3 Å². The Balaban J connectivity index is 3.02. The van der Waals surface area contributed by atoms with E-state index in [0.29, 0.717) is 6.42 Å². The molecule has 72 valence electrons. The van der Waals surface area contributed by atoms with Gasteiger partial charge in [-0.1, -0.05) is 19.9 Å². The number of carbonyl (C=O) groups excluding carboxylic acids is 2. The molecular formula is C11H16O2. The highest BCUT2D eigenvalue weighted by molar-refractivity contribution is 6.10. The third kappa shape index (κ3) is 2.06. The van der Waals surface area contributed by atoms with Crippen LogP contribution in [0.5, 0.6) is 0 Å². The van der Waals surface area contributed by atoms with E-state index in [1.54, 1.807) is 6.92 Å². The smallest absolute Gasteiger partial charge is 0.168 e. The largest absolute Gasteiger partial charge is 0.299 e. The number of ketones is 2. The van der Waals surface area contributed by atoms with Crippen LogP contribution in [0.4, 0.5) is 0 Å². The van der Waals surface area contributed by atoms with Gasteiger partial charge in [0.05, 0.1) is 5.92 Å². The van der Waals surface area contributed by atoms with Gasteiger partial charge in [-0.2, -0.15) is 0 Å². The zero-order chi connectivity index (χ0) is 10.2. The summed E-state index contributed by atoms with van der Waals surface area (Å²) in [7, 11) is 0. The zero-order valence-electron chi connectivity index (χ0n) is 8.68. The van der Waals surface area contributed by atoms with Crippen LogP contribution in [0.3, 0.4) is 0 Å². The van der Waals surface area contributed by atoms with Gasteiger partial charge >= 0.3 is 0 Å². The Morgan fingerprint density at radius 1 is 1.54 bits per heavy atom. The predicted octanol–water partition coefficient (Wildman–Crippen LogP) is 2.14. The first kappa shape index (κ1) is 10.2. The summed E-state index contributed by atoms with van der Waals surface area (Å²) in [6.45, 7) is 7.40. The monoisotopic (exact) mass is 180 g/mol. The minimum absolute atomic E-state index is 0.00632. The van der Waals surface area contributed by atoms with Crippen LogP contribution in [0.2, 0.25) is 0 Å². The molecule has 2 nitrogen and oxygen atoms in total. The Kier molecular flexibility index (Phi) is 2.42. The average molecular weight is 180 g/mol. The van der Waals surface area contributed by atoms with Crippen molar-refractivity contribution in [2.75, 3.05) is 0 Å². The van der Waals surface area contributed by atoms with Crippen LogP contribution in [-0.4, -0.2) is 11.6 Å². The third-order valence-corrected chi connectivity index (χ3v) is 2.53. The number of Topliss-reactive ketones (excluding diaryl/α,β-unsaturated/α-hetero) is 2. The predicted molar refractivity (Wildman–Crippen MR) is 51.3 cm³/mol. The van der Waals surface area contributed by atoms with Gasteiger partial charge in [0.25, 0.3) is 0 Å². The SMILES string of the molecule is CC(=O)C1CC(C)(C)C=C(C)C1=O. The summed E-state index contributed by atoms with van der Waals surface area (Å²) in [5.41, 5.74) is 0.713. The van der Waals surface area contributed by atoms with Gasteiger partial charge < -0.3 is 0 Å². The Morgan fingerprint density at radius 2 is 2.08 bits per heavy atom. The number of allylic oxidation sites excluding steroid dienone is 2. The number of rotatable bonds is 1. The lowest BCUT2D eigenvalue weighted by Gasteiger charge is -2.30. The molecule has 0 amide bonds. The van der Waals surface area contributed by atoms with Crippen LogP contribution in [0, 0.1) is 11.3 Å². The van der Waals surface area contributed by atoms with Crippen LogP contribution >= 0.6 is 0 Å². The van der Waals surface area contributed by atoms with E-state index in [1.165, 1.54) is 6.92 Å². The second-order valence-electron chi connectivity index (χ2n) is 4.55. The van der Waals surface area contributed by atoms with E-state index in [9.17, 15) is 9.59 Å². The summed E-state index contributed by atoms with van der Waals surface area (Å²) < 4.78 is 0. The van der Waals surface area contributed by atoms with E-state index in [2.05, 4.69) is 13.8 Å². The minimum Gasteiger partial charge on any atom is -0.299 e. The van der Waals surface area contributed by atoms with Crippen molar-refractivity contribution in [3.05, 3.63) is 11.6 Å². The molecule has 0 spiro atoms. The second-order valence-corrected chi connectivity index (χ2v) is 4.55. The molecule has 0 heterocycles. The molecule has 0 saturated carbocycles. The van der Waals surface area contributed by atoms with Crippen molar-refractivity contribution in [1.29, 1.82) is 0 Å². The molecule has 1 aliphatic rings. The molecule has 13 heavy (non-hydrogen) atoms. The maximum atomic E-state index is 11.6. The van der Waals surface area contributed by atoms with Crippen LogP contribution < -0.4 is 0 Å². The van der Waals surface area contributed by atoms with Crippen molar-refractivity contribution >= 4 is 11.6 Å². The molecule has 1 aliphatic carbocycles. The maximum absolute atomic E-state index is 11.6. The fraction of sp³-hybridized carbons (Fsp3) is 0.636. The van der Waals surface area contributed by atoms with E-state index < -0.39 is 5.92 Å². The average Bonchev–Trinajstić information content (AvgIpc) is 1.95. The molecule has 2 heteroatoms. The van der Waals surface area contributed by atoms with E-state index in [4.69, 9.17) is 0 Å². The summed E-state index contributed by atoms with van der Waals surface area (Å²) >= 11 is 0. The summed E-state index contributed by atoms with van der Waals surface area (Å²) in [6.07, 6.45) is 2.62. The molecule has 0 aromatic carbocycles. The third-order valence-electron chi connectivity index (χ3n) is 2.53. The Labute approximate surface area is 79.0 Å². The molecule has 1 rings (SSSR count). The van der Waals surface area contributed by atoms with Gasteiger partial charge in [-0.25, -0.2) is 0 Å². The first-order chi connectivity index (χ1) is 5.83. The van der Waals surface area contributed by atoms with Crippen molar-refractivity contribution < 1.29 is 9.59 Å². The fourth-order valence-electron chi connectivity index (χ4n) is 1.94. The van der Waals surface area contributed by atoms with Crippen LogP contribution in [0.15, 0.2) is 11.6 Å². The first-order valence-corrected chi connectivity index (χ1v) is 4.57. The lowest BCUT2D eigenvalue weighted by atomic mass is 9.72. The summed E-state index contributed by atoms with van der Waals surface area (Å²) in [5, 5.41) is 0. The summed E-state index contributed by atoms with van der Waals surface area (Å²) in [5.74, 6) is -0.405. The first-order valence-electron chi connectivity index (χ1n) is 4.57. The van der Waals surface area contributed by atoms with Gasteiger partial charge in [0.2, 0.25) is 0 Å². The Bertz CT molecular complexity index is 284. The summed E-state index contributed by atoms with van der Waals surface area (Å²) in [6, 6.07) is 0. The molecule has 1 atom stereocenters. The second kappa shape index (κ2) is 3.09. The van der Waals surface area contributed by atoms with Crippen molar-refractivity contribution in [2.45, 2.75) is 34.1 Å². The highest BCUT2D eigenvalue weighted by atomic mass is 16.1. The van der Waals surface area contributed by atoms with E-state index >= 15 is 0 Å². The molecular weight excluding hydrogens is 164 g/mol. The molecule has 0 aromatic rings. The van der Waals surface area contributed by atoms with Gasteiger partial charge in [-0.3, -0.25) is 9.59 Å². The lowest BCUT2D eigenvalue weighted by molar-refractivity contribution is -0.131. The number of hydrogen-bond donors (Lipinski definition) is 0. The van der Waals surface area contributed by atoms with Crippen LogP contribution in [-0.2, 0) is 9.59 Å². The molecule has 0 fully saturated rings. The highest BCUT2D eigenvalue weighted by Gasteiger charge is 2.34. The maximum Gasteiger partial charge on any atom is 0.168 e. The molecule has 0 radical (unpaired) electrons. The van der Waals surface area contributed by atoms with Gasteiger partial charge in [0, 0.05) is 0 Å². The van der Waals surface area contributed by atoms with E-state index in [0.717, 1.165) is 5.57 Å². The quantitative estimate of drug-likeness (QED) is 0.579. The molecule has 0 N–H and O–H groups in total. The standard InChI is InChI=1S/C11H16O2/c1-7-5-11(3,4)6-9(8(2)12)10(7)13/h5,9H,6H2,1-4H3. The number of carbonyl (C=O) groups is 2. The molecule has 0 aromatic heterocycles.